The third-order valence-corrected chi connectivity index (χ3v) is 5.44. The van der Waals surface area contributed by atoms with Gasteiger partial charge >= 0.3 is 0 Å². The average Bonchev–Trinajstić information content (AvgIpc) is 2.60. The lowest BCUT2D eigenvalue weighted by molar-refractivity contribution is 0.0893. The van der Waals surface area contributed by atoms with Gasteiger partial charge in [0.1, 0.15) is 0 Å². The first kappa shape index (κ1) is 11.7. The summed E-state index contributed by atoms with van der Waals surface area (Å²) in [5.74, 6) is 1.80. The summed E-state index contributed by atoms with van der Waals surface area (Å²) >= 11 is 2.08. The predicted octanol–water partition coefficient (Wildman–Crippen LogP) is 1.97. The zero-order chi connectivity index (χ0) is 10.8. The fraction of sp³-hybridized carbons (Fsp3) is 1.00. The number of thioether (sulfide) groups is 1. The molecule has 1 saturated carbocycles. The van der Waals surface area contributed by atoms with Crippen LogP contribution in [0.15, 0.2) is 0 Å². The molecule has 1 saturated heterocycles. The third-order valence-electron chi connectivity index (χ3n) is 4.10. The van der Waals surface area contributed by atoms with Gasteiger partial charge in [0.25, 0.3) is 0 Å². The zero-order valence-electron chi connectivity index (χ0n) is 9.85. The molecule has 2 rings (SSSR count). The molecule has 2 aliphatic rings. The molecule has 4 atom stereocenters. The van der Waals surface area contributed by atoms with Gasteiger partial charge in [0.15, 0.2) is 0 Å². The molecule has 1 heterocycles. The number of aliphatic hydroxyl groups is 1. The predicted molar refractivity (Wildman–Crippen MR) is 66.3 cm³/mol. The molecule has 88 valence electrons. The number of hydrogen-bond acceptors (Lipinski definition) is 3. The van der Waals surface area contributed by atoms with Gasteiger partial charge in [-0.2, -0.15) is 11.8 Å². The summed E-state index contributed by atoms with van der Waals surface area (Å²) in [4.78, 5) is 2.58. The van der Waals surface area contributed by atoms with E-state index in [0.717, 1.165) is 18.2 Å². The molecule has 0 aromatic heterocycles. The quantitative estimate of drug-likeness (QED) is 0.783. The van der Waals surface area contributed by atoms with Gasteiger partial charge < -0.3 is 5.11 Å². The highest BCUT2D eigenvalue weighted by Crippen LogP contribution is 2.30. The van der Waals surface area contributed by atoms with Crippen LogP contribution in [0.1, 0.15) is 33.1 Å². The third kappa shape index (κ3) is 2.69. The van der Waals surface area contributed by atoms with Crippen LogP contribution in [0, 0.1) is 5.92 Å². The van der Waals surface area contributed by atoms with Gasteiger partial charge in [-0.05, 0) is 25.7 Å². The van der Waals surface area contributed by atoms with E-state index in [4.69, 9.17) is 0 Å². The summed E-state index contributed by atoms with van der Waals surface area (Å²) < 4.78 is 0. The molecule has 0 aromatic carbocycles. The molecule has 3 heteroatoms. The van der Waals surface area contributed by atoms with E-state index in [1.54, 1.807) is 0 Å². The topological polar surface area (TPSA) is 23.5 Å². The van der Waals surface area contributed by atoms with Gasteiger partial charge in [0.05, 0.1) is 6.10 Å². The van der Waals surface area contributed by atoms with Crippen LogP contribution in [0.25, 0.3) is 0 Å². The first-order valence-electron chi connectivity index (χ1n) is 6.22. The Kier molecular flexibility index (Phi) is 3.97. The molecule has 2 fully saturated rings. The minimum Gasteiger partial charge on any atom is -0.393 e. The van der Waals surface area contributed by atoms with Crippen LogP contribution < -0.4 is 0 Å². The minimum absolute atomic E-state index is 0.0258. The lowest BCUT2D eigenvalue weighted by Crippen LogP contribution is -2.47. The second-order valence-electron chi connectivity index (χ2n) is 5.07. The highest BCUT2D eigenvalue weighted by molar-refractivity contribution is 8.00. The van der Waals surface area contributed by atoms with Crippen molar-refractivity contribution >= 4 is 11.8 Å². The Morgan fingerprint density at radius 2 is 2.13 bits per heavy atom. The van der Waals surface area contributed by atoms with Crippen molar-refractivity contribution in [3.05, 3.63) is 0 Å². The molecule has 0 spiro atoms. The maximum absolute atomic E-state index is 9.84. The van der Waals surface area contributed by atoms with E-state index in [0.29, 0.717) is 12.0 Å². The van der Waals surface area contributed by atoms with Crippen molar-refractivity contribution in [2.75, 3.05) is 18.8 Å². The molecule has 0 radical (unpaired) electrons. The molecule has 0 amide bonds. The SMILES string of the molecule is CC1SCCN(CC2CCCC2O)C1C. The summed E-state index contributed by atoms with van der Waals surface area (Å²) in [5.41, 5.74) is 0. The lowest BCUT2D eigenvalue weighted by atomic mass is 10.0. The number of hydrogen-bond donors (Lipinski definition) is 1. The Morgan fingerprint density at radius 3 is 2.80 bits per heavy atom. The summed E-state index contributed by atoms with van der Waals surface area (Å²) in [6.45, 7) is 6.98. The van der Waals surface area contributed by atoms with Gasteiger partial charge in [-0.1, -0.05) is 13.3 Å². The summed E-state index contributed by atoms with van der Waals surface area (Å²) in [7, 11) is 0. The van der Waals surface area contributed by atoms with Gasteiger partial charge in [-0.15, -0.1) is 0 Å². The van der Waals surface area contributed by atoms with E-state index in [1.165, 1.54) is 25.1 Å². The molecular formula is C12H23NOS. The van der Waals surface area contributed by atoms with Crippen LogP contribution in [0.5, 0.6) is 0 Å². The number of aliphatic hydroxyl groups excluding tert-OH is 1. The van der Waals surface area contributed by atoms with Crippen LogP contribution >= 0.6 is 11.8 Å². The van der Waals surface area contributed by atoms with Gasteiger partial charge in [-0.25, -0.2) is 0 Å². The molecule has 2 nitrogen and oxygen atoms in total. The van der Waals surface area contributed by atoms with E-state index in [1.807, 2.05) is 0 Å². The minimum atomic E-state index is -0.0258. The molecular weight excluding hydrogens is 206 g/mol. The molecule has 1 N–H and O–H groups in total. The van der Waals surface area contributed by atoms with E-state index >= 15 is 0 Å². The molecule has 1 aliphatic carbocycles. The Hall–Kier alpha value is 0.270. The van der Waals surface area contributed by atoms with Gasteiger partial charge in [0, 0.05) is 30.1 Å². The second-order valence-corrected chi connectivity index (χ2v) is 6.55. The van der Waals surface area contributed by atoms with E-state index in [9.17, 15) is 5.11 Å². The largest absolute Gasteiger partial charge is 0.393 e. The van der Waals surface area contributed by atoms with Crippen LogP contribution in [0.4, 0.5) is 0 Å². The van der Waals surface area contributed by atoms with Crippen molar-refractivity contribution in [2.45, 2.75) is 50.5 Å². The van der Waals surface area contributed by atoms with Crippen molar-refractivity contribution in [3.8, 4) is 0 Å². The van der Waals surface area contributed by atoms with Crippen molar-refractivity contribution in [1.29, 1.82) is 0 Å². The molecule has 1 aliphatic heterocycles. The first-order valence-corrected chi connectivity index (χ1v) is 7.27. The highest BCUT2D eigenvalue weighted by atomic mass is 32.2. The van der Waals surface area contributed by atoms with Crippen molar-refractivity contribution in [2.24, 2.45) is 5.92 Å². The molecule has 15 heavy (non-hydrogen) atoms. The van der Waals surface area contributed by atoms with E-state index in [-0.39, 0.29) is 6.10 Å². The van der Waals surface area contributed by atoms with Crippen molar-refractivity contribution < 1.29 is 5.11 Å². The van der Waals surface area contributed by atoms with Gasteiger partial charge in [0.2, 0.25) is 0 Å². The van der Waals surface area contributed by atoms with Crippen LogP contribution in [-0.2, 0) is 0 Å². The highest BCUT2D eigenvalue weighted by Gasteiger charge is 2.31. The fourth-order valence-electron chi connectivity index (χ4n) is 2.78. The lowest BCUT2D eigenvalue weighted by Gasteiger charge is -2.39. The fourth-order valence-corrected chi connectivity index (χ4v) is 3.95. The maximum atomic E-state index is 9.84. The average molecular weight is 229 g/mol. The first-order chi connectivity index (χ1) is 7.18. The molecule has 4 unspecified atom stereocenters. The summed E-state index contributed by atoms with van der Waals surface area (Å²) in [6.07, 6.45) is 3.45. The standard InChI is InChI=1S/C12H23NOS/c1-9-10(2)15-7-6-13(9)8-11-4-3-5-12(11)14/h9-12,14H,3-8H2,1-2H3. The Balaban J connectivity index is 1.87. The summed E-state index contributed by atoms with van der Waals surface area (Å²) in [6, 6.07) is 0.677. The molecule has 0 aromatic rings. The Bertz CT molecular complexity index is 212. The van der Waals surface area contributed by atoms with Crippen molar-refractivity contribution in [3.63, 3.8) is 0 Å². The zero-order valence-corrected chi connectivity index (χ0v) is 10.7. The Labute approximate surface area is 97.4 Å². The number of rotatable bonds is 2. The monoisotopic (exact) mass is 229 g/mol. The Morgan fingerprint density at radius 1 is 1.33 bits per heavy atom. The van der Waals surface area contributed by atoms with Gasteiger partial charge in [-0.3, -0.25) is 4.90 Å². The second kappa shape index (κ2) is 5.07. The van der Waals surface area contributed by atoms with Crippen LogP contribution in [-0.4, -0.2) is 46.2 Å². The maximum Gasteiger partial charge on any atom is 0.0580 e. The molecule has 0 bridgehead atoms. The van der Waals surface area contributed by atoms with Crippen molar-refractivity contribution in [1.82, 2.24) is 4.90 Å². The van der Waals surface area contributed by atoms with Crippen LogP contribution in [0.2, 0.25) is 0 Å². The smallest absolute Gasteiger partial charge is 0.0580 e. The van der Waals surface area contributed by atoms with E-state index < -0.39 is 0 Å². The summed E-state index contributed by atoms with van der Waals surface area (Å²) in [5, 5.41) is 10.6. The van der Waals surface area contributed by atoms with Crippen LogP contribution in [0.3, 0.4) is 0 Å². The normalized spacial score (nSPS) is 43.4. The number of nitrogens with zero attached hydrogens (tertiary/aromatic N) is 1. The van der Waals surface area contributed by atoms with E-state index in [2.05, 4.69) is 30.5 Å².